The molecule has 98 valence electrons. The molecule has 6 heteroatoms. The molecule has 2 rings (SSSR count). The molecule has 2 saturated heterocycles. The highest BCUT2D eigenvalue weighted by atomic mass is 32.2. The average molecular weight is 261 g/mol. The van der Waals surface area contributed by atoms with Gasteiger partial charge in [-0.3, -0.25) is 4.79 Å². The predicted octanol–water partition coefficient (Wildman–Crippen LogP) is 0.106. The molecule has 0 aromatic carbocycles. The van der Waals surface area contributed by atoms with Crippen LogP contribution in [0.1, 0.15) is 26.2 Å². The first-order valence-corrected chi connectivity index (χ1v) is 7.93. The Morgan fingerprint density at radius 1 is 1.41 bits per heavy atom. The monoisotopic (exact) mass is 261 g/mol. The molecule has 2 aliphatic rings. The smallest absolute Gasteiger partial charge is 0.310 e. The van der Waals surface area contributed by atoms with Gasteiger partial charge in [0.2, 0.25) is 0 Å². The Morgan fingerprint density at radius 2 is 2.06 bits per heavy atom. The number of esters is 1. The van der Waals surface area contributed by atoms with Crippen molar-refractivity contribution in [1.82, 2.24) is 5.32 Å². The highest BCUT2D eigenvalue weighted by Crippen LogP contribution is 2.37. The molecule has 17 heavy (non-hydrogen) atoms. The van der Waals surface area contributed by atoms with Gasteiger partial charge >= 0.3 is 5.97 Å². The standard InChI is InChI=1S/C11H19NO4S/c1-2-16-10(13)9-3-6-12-11(9)4-7-17(14,15)8-5-11/h9,12H,2-8H2,1H3. The lowest BCUT2D eigenvalue weighted by molar-refractivity contribution is -0.150. The second-order valence-electron chi connectivity index (χ2n) is 4.83. The summed E-state index contributed by atoms with van der Waals surface area (Å²) in [4.78, 5) is 11.9. The average Bonchev–Trinajstić information content (AvgIpc) is 2.68. The van der Waals surface area contributed by atoms with Gasteiger partial charge in [-0.15, -0.1) is 0 Å². The first-order chi connectivity index (χ1) is 7.99. The summed E-state index contributed by atoms with van der Waals surface area (Å²) in [7, 11) is -2.90. The van der Waals surface area contributed by atoms with Gasteiger partial charge in [0.1, 0.15) is 9.84 Å². The van der Waals surface area contributed by atoms with Crippen LogP contribution in [0.15, 0.2) is 0 Å². The molecule has 1 N–H and O–H groups in total. The van der Waals surface area contributed by atoms with Crippen LogP contribution < -0.4 is 5.32 Å². The van der Waals surface area contributed by atoms with Crippen molar-refractivity contribution in [3.8, 4) is 0 Å². The van der Waals surface area contributed by atoms with Crippen molar-refractivity contribution in [3.05, 3.63) is 0 Å². The van der Waals surface area contributed by atoms with Crippen molar-refractivity contribution in [1.29, 1.82) is 0 Å². The van der Waals surface area contributed by atoms with Crippen LogP contribution in [0.5, 0.6) is 0 Å². The lowest BCUT2D eigenvalue weighted by Gasteiger charge is -2.37. The molecule has 2 aliphatic heterocycles. The maximum atomic E-state index is 11.9. The molecule has 2 fully saturated rings. The van der Waals surface area contributed by atoms with Crippen molar-refractivity contribution in [2.75, 3.05) is 24.7 Å². The van der Waals surface area contributed by atoms with Gasteiger partial charge in [0, 0.05) is 5.54 Å². The minimum absolute atomic E-state index is 0.176. The van der Waals surface area contributed by atoms with Crippen LogP contribution in [0.25, 0.3) is 0 Å². The SMILES string of the molecule is CCOC(=O)C1CCNC12CCS(=O)(=O)CC2. The molecule has 0 amide bonds. The van der Waals surface area contributed by atoms with E-state index in [0.717, 1.165) is 13.0 Å². The van der Waals surface area contributed by atoms with E-state index in [4.69, 9.17) is 4.74 Å². The lowest BCUT2D eigenvalue weighted by Crippen LogP contribution is -2.53. The van der Waals surface area contributed by atoms with E-state index >= 15 is 0 Å². The van der Waals surface area contributed by atoms with Crippen molar-refractivity contribution >= 4 is 15.8 Å². The molecule has 1 spiro atoms. The topological polar surface area (TPSA) is 72.5 Å². The Balaban J connectivity index is 2.11. The number of carbonyl (C=O) groups is 1. The fourth-order valence-corrected chi connectivity index (χ4v) is 4.43. The van der Waals surface area contributed by atoms with Crippen LogP contribution >= 0.6 is 0 Å². The summed E-state index contributed by atoms with van der Waals surface area (Å²) in [6.45, 7) is 2.94. The zero-order valence-corrected chi connectivity index (χ0v) is 10.9. The van der Waals surface area contributed by atoms with Gasteiger partial charge in [0.05, 0.1) is 24.0 Å². The van der Waals surface area contributed by atoms with Crippen molar-refractivity contribution in [2.45, 2.75) is 31.7 Å². The summed E-state index contributed by atoms with van der Waals surface area (Å²) >= 11 is 0. The fraction of sp³-hybridized carbons (Fsp3) is 0.909. The molecule has 0 aliphatic carbocycles. The van der Waals surface area contributed by atoms with Gasteiger partial charge in [-0.2, -0.15) is 0 Å². The van der Waals surface area contributed by atoms with Gasteiger partial charge in [0.25, 0.3) is 0 Å². The van der Waals surface area contributed by atoms with Crippen LogP contribution in [0.3, 0.4) is 0 Å². The molecule has 0 bridgehead atoms. The highest BCUT2D eigenvalue weighted by Gasteiger charge is 2.49. The number of carbonyl (C=O) groups excluding carboxylic acids is 1. The third-order valence-corrected chi connectivity index (χ3v) is 5.52. The minimum atomic E-state index is -2.90. The molecule has 1 unspecified atom stereocenters. The van der Waals surface area contributed by atoms with E-state index in [2.05, 4.69) is 5.32 Å². The first-order valence-electron chi connectivity index (χ1n) is 6.11. The zero-order chi connectivity index (χ0) is 12.5. The fourth-order valence-electron chi connectivity index (χ4n) is 2.88. The van der Waals surface area contributed by atoms with Crippen molar-refractivity contribution in [2.24, 2.45) is 5.92 Å². The molecule has 0 radical (unpaired) electrons. The second kappa shape index (κ2) is 4.57. The lowest BCUT2D eigenvalue weighted by atomic mass is 9.80. The number of ether oxygens (including phenoxy) is 1. The Kier molecular flexibility index (Phi) is 3.45. The maximum Gasteiger partial charge on any atom is 0.310 e. The van der Waals surface area contributed by atoms with Gasteiger partial charge in [0.15, 0.2) is 0 Å². The number of sulfone groups is 1. The Labute approximate surface area is 102 Å². The molecule has 0 aromatic heterocycles. The Morgan fingerprint density at radius 3 is 2.65 bits per heavy atom. The van der Waals surface area contributed by atoms with Crippen LogP contribution in [-0.2, 0) is 19.4 Å². The normalized spacial score (nSPS) is 30.3. The van der Waals surface area contributed by atoms with Crippen LogP contribution in [0, 0.1) is 5.92 Å². The van der Waals surface area contributed by atoms with Gasteiger partial charge in [-0.05, 0) is 32.7 Å². The summed E-state index contributed by atoms with van der Waals surface area (Å²) in [5.41, 5.74) is -0.336. The summed E-state index contributed by atoms with van der Waals surface area (Å²) in [5, 5.41) is 3.33. The second-order valence-corrected chi connectivity index (χ2v) is 7.13. The van der Waals surface area contributed by atoms with E-state index in [1.54, 1.807) is 6.92 Å². The highest BCUT2D eigenvalue weighted by molar-refractivity contribution is 7.91. The Bertz CT molecular complexity index is 390. The number of hydrogen-bond acceptors (Lipinski definition) is 5. The van der Waals surface area contributed by atoms with E-state index in [-0.39, 0.29) is 28.9 Å². The van der Waals surface area contributed by atoms with Gasteiger partial charge in [-0.1, -0.05) is 0 Å². The molecule has 1 atom stereocenters. The molecule has 2 heterocycles. The van der Waals surface area contributed by atoms with E-state index in [0.29, 0.717) is 19.4 Å². The van der Waals surface area contributed by atoms with E-state index < -0.39 is 9.84 Å². The Hall–Kier alpha value is -0.620. The van der Waals surface area contributed by atoms with Crippen molar-refractivity contribution in [3.63, 3.8) is 0 Å². The molecule has 0 aromatic rings. The zero-order valence-electron chi connectivity index (χ0n) is 10.1. The quantitative estimate of drug-likeness (QED) is 0.714. The molecular formula is C11H19NO4S. The van der Waals surface area contributed by atoms with Crippen LogP contribution in [0.4, 0.5) is 0 Å². The van der Waals surface area contributed by atoms with Gasteiger partial charge < -0.3 is 10.1 Å². The minimum Gasteiger partial charge on any atom is -0.466 e. The summed E-state index contributed by atoms with van der Waals surface area (Å²) in [5.74, 6) is -0.0130. The third kappa shape index (κ3) is 2.47. The summed E-state index contributed by atoms with van der Waals surface area (Å²) < 4.78 is 28.0. The molecule has 0 saturated carbocycles. The van der Waals surface area contributed by atoms with E-state index in [9.17, 15) is 13.2 Å². The maximum absolute atomic E-state index is 11.9. The first kappa shape index (κ1) is 12.8. The van der Waals surface area contributed by atoms with Crippen LogP contribution in [0.2, 0.25) is 0 Å². The number of hydrogen-bond donors (Lipinski definition) is 1. The summed E-state index contributed by atoms with van der Waals surface area (Å²) in [6, 6.07) is 0. The number of nitrogens with one attached hydrogen (secondary N) is 1. The largest absolute Gasteiger partial charge is 0.466 e. The number of rotatable bonds is 2. The molecule has 5 nitrogen and oxygen atoms in total. The van der Waals surface area contributed by atoms with Crippen molar-refractivity contribution < 1.29 is 17.9 Å². The summed E-state index contributed by atoms with van der Waals surface area (Å²) in [6.07, 6.45) is 1.80. The third-order valence-electron chi connectivity index (χ3n) is 3.87. The van der Waals surface area contributed by atoms with Gasteiger partial charge in [-0.25, -0.2) is 8.42 Å². The van der Waals surface area contributed by atoms with E-state index in [1.165, 1.54) is 0 Å². The van der Waals surface area contributed by atoms with Crippen LogP contribution in [-0.4, -0.2) is 44.6 Å². The molecular weight excluding hydrogens is 242 g/mol. The predicted molar refractivity (Wildman–Crippen MR) is 63.4 cm³/mol. The van der Waals surface area contributed by atoms with E-state index in [1.807, 2.05) is 0 Å².